The Morgan fingerprint density at radius 1 is 1.22 bits per heavy atom. The van der Waals surface area contributed by atoms with Gasteiger partial charge < -0.3 is 14.8 Å². The highest BCUT2D eigenvalue weighted by molar-refractivity contribution is 9.10. The highest BCUT2D eigenvalue weighted by Gasteiger charge is 2.15. The lowest BCUT2D eigenvalue weighted by Crippen LogP contribution is -2.34. The van der Waals surface area contributed by atoms with Gasteiger partial charge in [0.2, 0.25) is 0 Å². The van der Waals surface area contributed by atoms with E-state index < -0.39 is 5.91 Å². The molecule has 1 aromatic heterocycles. The van der Waals surface area contributed by atoms with Crippen molar-refractivity contribution in [3.8, 4) is 11.5 Å². The van der Waals surface area contributed by atoms with E-state index in [1.807, 2.05) is 0 Å². The van der Waals surface area contributed by atoms with Gasteiger partial charge in [0.25, 0.3) is 5.91 Å². The number of rotatable bonds is 4. The fourth-order valence-electron chi connectivity index (χ4n) is 2.30. The minimum Gasteiger partial charge on any atom is -0.496 e. The highest BCUT2D eigenvalue weighted by Crippen LogP contribution is 2.34. The van der Waals surface area contributed by atoms with Gasteiger partial charge in [-0.05, 0) is 36.5 Å². The summed E-state index contributed by atoms with van der Waals surface area (Å²) in [4.78, 5) is 16.9. The fourth-order valence-corrected chi connectivity index (χ4v) is 4.03. The van der Waals surface area contributed by atoms with Crippen molar-refractivity contribution in [1.29, 1.82) is 0 Å². The number of nitrogens with one attached hydrogen (secondary N) is 2. The number of nitrogens with zero attached hydrogens (tertiary/aromatic N) is 1. The molecule has 1 amide bonds. The number of benzene rings is 2. The number of ether oxygens (including phenoxy) is 2. The van der Waals surface area contributed by atoms with Crippen molar-refractivity contribution in [2.45, 2.75) is 0 Å². The van der Waals surface area contributed by atoms with Gasteiger partial charge in [0.1, 0.15) is 11.5 Å². The van der Waals surface area contributed by atoms with Gasteiger partial charge in [0, 0.05) is 10.5 Å². The third-order valence-corrected chi connectivity index (χ3v) is 5.44. The van der Waals surface area contributed by atoms with Gasteiger partial charge in [-0.3, -0.25) is 10.1 Å². The molecule has 0 radical (unpaired) electrons. The summed E-state index contributed by atoms with van der Waals surface area (Å²) in [6, 6.07) is 8.65. The number of fused-ring (bicyclic) bond motifs is 1. The Labute approximate surface area is 178 Å². The number of thiocarbonyl (C=S) groups is 1. The number of halogens is 2. The lowest BCUT2D eigenvalue weighted by molar-refractivity contribution is 0.0974. The summed E-state index contributed by atoms with van der Waals surface area (Å²) >= 11 is 16.0. The molecule has 140 valence electrons. The van der Waals surface area contributed by atoms with Crippen molar-refractivity contribution in [2.75, 3.05) is 19.5 Å². The normalized spacial score (nSPS) is 10.5. The molecular weight excluding hydrogens is 474 g/mol. The topological polar surface area (TPSA) is 72.5 Å². The number of thiazole rings is 1. The first-order valence-electron chi connectivity index (χ1n) is 7.51. The van der Waals surface area contributed by atoms with Crippen LogP contribution in [0.2, 0.25) is 5.02 Å². The van der Waals surface area contributed by atoms with Crippen molar-refractivity contribution in [3.05, 3.63) is 45.4 Å². The summed E-state index contributed by atoms with van der Waals surface area (Å²) in [6.07, 6.45) is 0. The van der Waals surface area contributed by atoms with Crippen LogP contribution in [-0.2, 0) is 0 Å². The zero-order chi connectivity index (χ0) is 19.6. The predicted octanol–water partition coefficient (Wildman–Crippen LogP) is 4.86. The number of carbonyl (C=O) groups is 1. The molecule has 27 heavy (non-hydrogen) atoms. The monoisotopic (exact) mass is 485 g/mol. The molecule has 0 bridgehead atoms. The van der Waals surface area contributed by atoms with E-state index in [1.54, 1.807) is 37.4 Å². The minimum atomic E-state index is -0.392. The second kappa shape index (κ2) is 8.39. The van der Waals surface area contributed by atoms with Crippen LogP contribution in [0.3, 0.4) is 0 Å². The van der Waals surface area contributed by atoms with Gasteiger partial charge in [-0.25, -0.2) is 4.98 Å². The first-order valence-corrected chi connectivity index (χ1v) is 9.90. The summed E-state index contributed by atoms with van der Waals surface area (Å²) in [5.74, 6) is 0.619. The largest absolute Gasteiger partial charge is 0.496 e. The number of hydrogen-bond acceptors (Lipinski definition) is 6. The van der Waals surface area contributed by atoms with E-state index >= 15 is 0 Å². The van der Waals surface area contributed by atoms with Crippen molar-refractivity contribution in [3.63, 3.8) is 0 Å². The Bertz CT molecular complexity index is 1040. The second-order valence-corrected chi connectivity index (χ2v) is 7.99. The zero-order valence-corrected chi connectivity index (χ0v) is 18.1. The molecule has 0 fully saturated rings. The average Bonchev–Trinajstić information content (AvgIpc) is 3.01. The van der Waals surface area contributed by atoms with E-state index in [9.17, 15) is 4.79 Å². The summed E-state index contributed by atoms with van der Waals surface area (Å²) in [7, 11) is 3.05. The van der Waals surface area contributed by atoms with Gasteiger partial charge in [0.05, 0.1) is 35.0 Å². The van der Waals surface area contributed by atoms with Crippen LogP contribution in [0.5, 0.6) is 11.5 Å². The molecular formula is C17H13BrClN3O3S2. The van der Waals surface area contributed by atoms with Crippen LogP contribution in [0.4, 0.5) is 5.13 Å². The first-order chi connectivity index (χ1) is 12.9. The van der Waals surface area contributed by atoms with Crippen molar-refractivity contribution >= 4 is 77.5 Å². The maximum Gasteiger partial charge on any atom is 0.261 e. The standard InChI is InChI=1S/C17H13BrClN3O3S2/c1-24-12-4-3-8(18)5-9(12)15(23)21-16(26)22-17-20-11-6-10(19)13(25-2)7-14(11)27-17/h3-7H,1-2H3,(H2,20,21,22,23,26). The van der Waals surface area contributed by atoms with Gasteiger partial charge >= 0.3 is 0 Å². The quantitative estimate of drug-likeness (QED) is 0.513. The number of anilines is 1. The number of carbonyl (C=O) groups excluding carboxylic acids is 1. The van der Waals surface area contributed by atoms with Crippen molar-refractivity contribution in [1.82, 2.24) is 10.3 Å². The van der Waals surface area contributed by atoms with Crippen LogP contribution in [0.15, 0.2) is 34.8 Å². The molecule has 1 heterocycles. The lowest BCUT2D eigenvalue weighted by atomic mass is 10.2. The van der Waals surface area contributed by atoms with Gasteiger partial charge in [-0.15, -0.1) is 0 Å². The molecule has 0 saturated carbocycles. The van der Waals surface area contributed by atoms with Crippen LogP contribution in [0, 0.1) is 0 Å². The number of amides is 1. The van der Waals surface area contributed by atoms with Crippen LogP contribution in [0.1, 0.15) is 10.4 Å². The van der Waals surface area contributed by atoms with Gasteiger partial charge in [-0.2, -0.15) is 0 Å². The lowest BCUT2D eigenvalue weighted by Gasteiger charge is -2.10. The molecule has 0 aliphatic heterocycles. The van der Waals surface area contributed by atoms with Crippen LogP contribution in [0.25, 0.3) is 10.2 Å². The molecule has 0 aliphatic rings. The molecule has 0 aliphatic carbocycles. The Morgan fingerprint density at radius 3 is 2.67 bits per heavy atom. The van der Waals surface area contributed by atoms with Crippen LogP contribution in [-0.4, -0.2) is 30.2 Å². The summed E-state index contributed by atoms with van der Waals surface area (Å²) in [5.41, 5.74) is 1.06. The molecule has 3 aromatic rings. The van der Waals surface area contributed by atoms with E-state index in [0.29, 0.717) is 32.7 Å². The third kappa shape index (κ3) is 4.49. The van der Waals surface area contributed by atoms with Crippen LogP contribution >= 0.6 is 51.1 Å². The molecule has 3 rings (SSSR count). The number of methoxy groups -OCH3 is 2. The maximum atomic E-state index is 12.5. The van der Waals surface area contributed by atoms with E-state index in [1.165, 1.54) is 18.4 Å². The molecule has 10 heteroatoms. The minimum absolute atomic E-state index is 0.124. The van der Waals surface area contributed by atoms with E-state index in [-0.39, 0.29) is 5.11 Å². The molecule has 0 unspecified atom stereocenters. The SMILES string of the molecule is COc1cc2sc(NC(=S)NC(=O)c3cc(Br)ccc3OC)nc2cc1Cl. The Balaban J connectivity index is 1.75. The third-order valence-electron chi connectivity index (χ3n) is 3.52. The van der Waals surface area contributed by atoms with E-state index in [0.717, 1.165) is 9.17 Å². The zero-order valence-electron chi connectivity index (χ0n) is 14.1. The fraction of sp³-hybridized carbons (Fsp3) is 0.118. The Kier molecular flexibility index (Phi) is 6.15. The Hall–Kier alpha value is -1.94. The number of hydrogen-bond donors (Lipinski definition) is 2. The molecule has 6 nitrogen and oxygen atoms in total. The maximum absolute atomic E-state index is 12.5. The second-order valence-electron chi connectivity index (χ2n) is 5.23. The molecule has 0 atom stereocenters. The molecule has 0 saturated heterocycles. The average molecular weight is 487 g/mol. The van der Waals surface area contributed by atoms with Crippen LogP contribution < -0.4 is 20.1 Å². The summed E-state index contributed by atoms with van der Waals surface area (Å²) < 4.78 is 12.0. The predicted molar refractivity (Wildman–Crippen MR) is 116 cm³/mol. The van der Waals surface area contributed by atoms with E-state index in [4.69, 9.17) is 33.3 Å². The summed E-state index contributed by atoms with van der Waals surface area (Å²) in [6.45, 7) is 0. The Morgan fingerprint density at radius 2 is 1.96 bits per heavy atom. The van der Waals surface area contributed by atoms with Gasteiger partial charge in [0.15, 0.2) is 10.2 Å². The first kappa shape index (κ1) is 19.8. The highest BCUT2D eigenvalue weighted by atomic mass is 79.9. The molecule has 2 aromatic carbocycles. The van der Waals surface area contributed by atoms with Crippen molar-refractivity contribution < 1.29 is 14.3 Å². The smallest absolute Gasteiger partial charge is 0.261 e. The van der Waals surface area contributed by atoms with E-state index in [2.05, 4.69) is 31.5 Å². The summed E-state index contributed by atoms with van der Waals surface area (Å²) in [5, 5.41) is 6.66. The number of aromatic nitrogens is 1. The molecule has 2 N–H and O–H groups in total. The van der Waals surface area contributed by atoms with Crippen molar-refractivity contribution in [2.24, 2.45) is 0 Å². The molecule has 0 spiro atoms. The van der Waals surface area contributed by atoms with Gasteiger partial charge in [-0.1, -0.05) is 38.9 Å².